The first kappa shape index (κ1) is 18.6. The minimum atomic E-state index is -3.48. The van der Waals surface area contributed by atoms with Gasteiger partial charge in [0.25, 0.3) is 0 Å². The Morgan fingerprint density at radius 1 is 1.38 bits per heavy atom. The van der Waals surface area contributed by atoms with E-state index in [1.54, 1.807) is 13.2 Å². The van der Waals surface area contributed by atoms with Crippen LogP contribution >= 0.6 is 11.3 Å². The number of nitrogens with zero attached hydrogens (tertiary/aromatic N) is 1. The summed E-state index contributed by atoms with van der Waals surface area (Å²) in [6.45, 7) is 9.18. The summed E-state index contributed by atoms with van der Waals surface area (Å²) >= 11 is 1.47. The van der Waals surface area contributed by atoms with Gasteiger partial charge in [-0.2, -0.15) is 4.31 Å². The fourth-order valence-electron chi connectivity index (χ4n) is 2.15. The Kier molecular flexibility index (Phi) is 7.29. The van der Waals surface area contributed by atoms with Crippen LogP contribution in [0.3, 0.4) is 0 Å². The van der Waals surface area contributed by atoms with Crippen LogP contribution in [0.5, 0.6) is 0 Å². The third-order valence-electron chi connectivity index (χ3n) is 3.17. The van der Waals surface area contributed by atoms with Crippen molar-refractivity contribution >= 4 is 21.4 Å². The topological polar surface area (TPSA) is 58.6 Å². The molecule has 0 saturated heterocycles. The highest BCUT2D eigenvalue weighted by molar-refractivity contribution is 7.89. The lowest BCUT2D eigenvalue weighted by atomic mass is 10.3. The van der Waals surface area contributed by atoms with Crippen molar-refractivity contribution in [1.82, 2.24) is 9.62 Å². The van der Waals surface area contributed by atoms with Crippen LogP contribution in [0, 0.1) is 0 Å². The normalized spacial score (nSPS) is 14.0. The standard InChI is InChI=1S/C14H26N2O3S2/c1-6-16(12(4)10-19-5)21(17,18)14-7-8-20-13(14)9-15-11(2)3/h7-8,11-12,15H,6,9-10H2,1-5H3. The summed E-state index contributed by atoms with van der Waals surface area (Å²) in [7, 11) is -1.90. The second kappa shape index (κ2) is 8.24. The van der Waals surface area contributed by atoms with Crippen molar-refractivity contribution in [3.05, 3.63) is 16.3 Å². The number of hydrogen-bond acceptors (Lipinski definition) is 5. The van der Waals surface area contributed by atoms with Gasteiger partial charge in [0.2, 0.25) is 10.0 Å². The van der Waals surface area contributed by atoms with Gasteiger partial charge in [-0.25, -0.2) is 8.42 Å². The minimum Gasteiger partial charge on any atom is -0.383 e. The molecule has 21 heavy (non-hydrogen) atoms. The van der Waals surface area contributed by atoms with Crippen LogP contribution in [0.1, 0.15) is 32.6 Å². The van der Waals surface area contributed by atoms with Gasteiger partial charge in [-0.1, -0.05) is 20.8 Å². The van der Waals surface area contributed by atoms with Crippen molar-refractivity contribution in [3.8, 4) is 0 Å². The number of methoxy groups -OCH3 is 1. The zero-order chi connectivity index (χ0) is 16.0. The van der Waals surface area contributed by atoms with Crippen molar-refractivity contribution < 1.29 is 13.2 Å². The molecule has 0 spiro atoms. The van der Waals surface area contributed by atoms with Crippen LogP contribution in [-0.2, 0) is 21.3 Å². The minimum absolute atomic E-state index is 0.184. The molecule has 0 aliphatic rings. The molecule has 0 bridgehead atoms. The molecule has 0 aromatic carbocycles. The van der Waals surface area contributed by atoms with Gasteiger partial charge in [-0.15, -0.1) is 11.3 Å². The van der Waals surface area contributed by atoms with E-state index in [0.29, 0.717) is 30.6 Å². The highest BCUT2D eigenvalue weighted by Crippen LogP contribution is 2.26. The monoisotopic (exact) mass is 334 g/mol. The van der Waals surface area contributed by atoms with Gasteiger partial charge >= 0.3 is 0 Å². The summed E-state index contributed by atoms with van der Waals surface area (Å²) in [5.74, 6) is 0. The fraction of sp³-hybridized carbons (Fsp3) is 0.714. The number of rotatable bonds is 9. The predicted octanol–water partition coefficient (Wildman–Crippen LogP) is 2.29. The molecule has 0 aliphatic heterocycles. The highest BCUT2D eigenvalue weighted by atomic mass is 32.2. The van der Waals surface area contributed by atoms with E-state index in [-0.39, 0.29) is 6.04 Å². The molecule has 0 saturated carbocycles. The van der Waals surface area contributed by atoms with E-state index < -0.39 is 10.0 Å². The maximum absolute atomic E-state index is 12.9. The van der Waals surface area contributed by atoms with Crippen molar-refractivity contribution in [3.63, 3.8) is 0 Å². The lowest BCUT2D eigenvalue weighted by Gasteiger charge is -2.26. The van der Waals surface area contributed by atoms with Crippen molar-refractivity contribution in [2.75, 3.05) is 20.3 Å². The second-order valence-corrected chi connectivity index (χ2v) is 8.12. The van der Waals surface area contributed by atoms with E-state index in [2.05, 4.69) is 5.32 Å². The summed E-state index contributed by atoms with van der Waals surface area (Å²) in [6.07, 6.45) is 0. The first-order valence-electron chi connectivity index (χ1n) is 7.15. The first-order valence-corrected chi connectivity index (χ1v) is 9.47. The highest BCUT2D eigenvalue weighted by Gasteiger charge is 2.30. The van der Waals surface area contributed by atoms with E-state index in [1.807, 2.05) is 33.1 Å². The van der Waals surface area contributed by atoms with Crippen molar-refractivity contribution in [2.45, 2.75) is 51.2 Å². The van der Waals surface area contributed by atoms with Crippen LogP contribution in [0.2, 0.25) is 0 Å². The lowest BCUT2D eigenvalue weighted by Crippen LogP contribution is -2.41. The van der Waals surface area contributed by atoms with Gasteiger partial charge in [-0.05, 0) is 18.4 Å². The molecule has 0 aliphatic carbocycles. The number of hydrogen-bond donors (Lipinski definition) is 1. The number of nitrogens with one attached hydrogen (secondary N) is 1. The molecular weight excluding hydrogens is 308 g/mol. The molecule has 1 aromatic heterocycles. The Morgan fingerprint density at radius 3 is 2.57 bits per heavy atom. The van der Waals surface area contributed by atoms with Crippen molar-refractivity contribution in [2.24, 2.45) is 0 Å². The molecule has 0 radical (unpaired) electrons. The molecule has 122 valence electrons. The molecule has 1 rings (SSSR count). The van der Waals surface area contributed by atoms with Gasteiger partial charge in [0, 0.05) is 37.2 Å². The molecule has 0 amide bonds. The van der Waals surface area contributed by atoms with Gasteiger partial charge in [0.05, 0.1) is 11.5 Å². The third-order valence-corrected chi connectivity index (χ3v) is 6.40. The number of likely N-dealkylation sites (N-methyl/N-ethyl adjacent to an activating group) is 1. The maximum atomic E-state index is 12.9. The summed E-state index contributed by atoms with van der Waals surface area (Å²) in [5.41, 5.74) is 0. The Morgan fingerprint density at radius 2 is 2.05 bits per heavy atom. The smallest absolute Gasteiger partial charge is 0.244 e. The van der Waals surface area contributed by atoms with E-state index >= 15 is 0 Å². The number of thiophene rings is 1. The van der Waals surface area contributed by atoms with Crippen molar-refractivity contribution in [1.29, 1.82) is 0 Å². The summed E-state index contributed by atoms with van der Waals surface area (Å²) in [4.78, 5) is 1.26. The summed E-state index contributed by atoms with van der Waals surface area (Å²) in [6, 6.07) is 1.83. The van der Waals surface area contributed by atoms with Crippen LogP contribution in [-0.4, -0.2) is 45.1 Å². The van der Waals surface area contributed by atoms with Crippen LogP contribution < -0.4 is 5.32 Å². The van der Waals surface area contributed by atoms with Crippen LogP contribution in [0.15, 0.2) is 16.3 Å². The van der Waals surface area contributed by atoms with Gasteiger partial charge in [-0.3, -0.25) is 0 Å². The summed E-state index contributed by atoms with van der Waals surface area (Å²) in [5, 5.41) is 5.11. The molecular formula is C14H26N2O3S2. The summed E-state index contributed by atoms with van der Waals surface area (Å²) < 4.78 is 32.3. The molecule has 1 unspecified atom stereocenters. The van der Waals surface area contributed by atoms with Gasteiger partial charge in [0.1, 0.15) is 0 Å². The molecule has 0 fully saturated rings. The third kappa shape index (κ3) is 4.75. The molecule has 7 heteroatoms. The quantitative estimate of drug-likeness (QED) is 0.753. The Labute approximate surface area is 132 Å². The van der Waals surface area contributed by atoms with Crippen LogP contribution in [0.25, 0.3) is 0 Å². The number of sulfonamides is 1. The van der Waals surface area contributed by atoms with E-state index in [0.717, 1.165) is 4.88 Å². The molecule has 1 aromatic rings. The molecule has 1 N–H and O–H groups in total. The number of ether oxygens (including phenoxy) is 1. The maximum Gasteiger partial charge on any atom is 0.244 e. The Hall–Kier alpha value is -0.470. The largest absolute Gasteiger partial charge is 0.383 e. The Bertz CT molecular complexity index is 526. The zero-order valence-corrected chi connectivity index (χ0v) is 15.1. The average molecular weight is 335 g/mol. The molecule has 1 atom stereocenters. The second-order valence-electron chi connectivity index (χ2n) is 5.26. The fourth-order valence-corrected chi connectivity index (χ4v) is 5.15. The van der Waals surface area contributed by atoms with E-state index in [1.165, 1.54) is 15.6 Å². The molecule has 1 heterocycles. The van der Waals surface area contributed by atoms with E-state index in [4.69, 9.17) is 4.74 Å². The SMILES string of the molecule is CCN(C(C)COC)S(=O)(=O)c1ccsc1CNC(C)C. The first-order chi connectivity index (χ1) is 9.84. The predicted molar refractivity (Wildman–Crippen MR) is 87.2 cm³/mol. The average Bonchev–Trinajstić information content (AvgIpc) is 2.86. The van der Waals surface area contributed by atoms with E-state index in [9.17, 15) is 8.42 Å². The molecule has 5 nitrogen and oxygen atoms in total. The van der Waals surface area contributed by atoms with Gasteiger partial charge < -0.3 is 10.1 Å². The van der Waals surface area contributed by atoms with Crippen LogP contribution in [0.4, 0.5) is 0 Å². The van der Waals surface area contributed by atoms with Gasteiger partial charge in [0.15, 0.2) is 0 Å². The Balaban J connectivity index is 3.03. The zero-order valence-electron chi connectivity index (χ0n) is 13.4. The lowest BCUT2D eigenvalue weighted by molar-refractivity contribution is 0.142.